The first-order chi connectivity index (χ1) is 14.6. The number of carbonyl (C=O) groups is 2. The van der Waals surface area contributed by atoms with Crippen molar-refractivity contribution in [2.45, 2.75) is 0 Å². The Morgan fingerprint density at radius 3 is 2.47 bits per heavy atom. The van der Waals surface area contributed by atoms with Gasteiger partial charge in [-0.05, 0) is 41.5 Å². The topological polar surface area (TPSA) is 86.2 Å². The van der Waals surface area contributed by atoms with Gasteiger partial charge in [-0.15, -0.1) is 11.3 Å². The number of nitrogens with one attached hydrogen (secondary N) is 1. The van der Waals surface area contributed by atoms with Crippen molar-refractivity contribution in [2.75, 3.05) is 26.1 Å². The number of ether oxygens (including phenoxy) is 2. The molecular weight excluding hydrogens is 404 g/mol. The summed E-state index contributed by atoms with van der Waals surface area (Å²) in [5.74, 6) is -0.222. The van der Waals surface area contributed by atoms with E-state index in [4.69, 9.17) is 14.3 Å². The van der Waals surface area contributed by atoms with E-state index in [1.54, 1.807) is 25.3 Å². The highest BCUT2D eigenvalue weighted by Crippen LogP contribution is 2.35. The monoisotopic (exact) mass is 424 g/mol. The number of hydrogen-bond acceptors (Lipinski definition) is 7. The molecule has 0 radical (unpaired) electrons. The highest BCUT2D eigenvalue weighted by molar-refractivity contribution is 7.18. The van der Waals surface area contributed by atoms with Gasteiger partial charge in [-0.1, -0.05) is 35.5 Å². The van der Waals surface area contributed by atoms with E-state index in [2.05, 4.69) is 10.5 Å². The van der Waals surface area contributed by atoms with Crippen LogP contribution in [0.1, 0.15) is 15.2 Å². The molecule has 3 rings (SSSR count). The number of carbonyl (C=O) groups excluding carboxylic acids is 2. The Balaban J connectivity index is 1.63. The van der Waals surface area contributed by atoms with Crippen LogP contribution in [0, 0.1) is 0 Å². The summed E-state index contributed by atoms with van der Waals surface area (Å²) >= 11 is 1.25. The van der Waals surface area contributed by atoms with Gasteiger partial charge in [0, 0.05) is 4.88 Å². The average Bonchev–Trinajstić information content (AvgIpc) is 3.21. The van der Waals surface area contributed by atoms with Crippen molar-refractivity contribution >= 4 is 35.1 Å². The summed E-state index contributed by atoms with van der Waals surface area (Å²) in [7, 11) is 2.89. The highest BCUT2D eigenvalue weighted by Gasteiger charge is 2.19. The molecule has 0 saturated carbocycles. The molecule has 0 aliphatic heterocycles. The van der Waals surface area contributed by atoms with Crippen LogP contribution < -0.4 is 10.1 Å². The third kappa shape index (κ3) is 5.45. The van der Waals surface area contributed by atoms with E-state index in [1.165, 1.54) is 24.7 Å². The lowest BCUT2D eigenvalue weighted by molar-refractivity contribution is -0.120. The minimum absolute atomic E-state index is 0.302. The Morgan fingerprint density at radius 2 is 1.80 bits per heavy atom. The maximum Gasteiger partial charge on any atom is 0.350 e. The van der Waals surface area contributed by atoms with E-state index in [1.807, 2.05) is 42.5 Å². The summed E-state index contributed by atoms with van der Waals surface area (Å²) in [6, 6.07) is 18.5. The summed E-state index contributed by atoms with van der Waals surface area (Å²) in [4.78, 5) is 30.5. The molecule has 0 fully saturated rings. The molecule has 1 aromatic heterocycles. The average molecular weight is 424 g/mol. The first-order valence-corrected chi connectivity index (χ1v) is 9.79. The SMILES string of the molecule is COC(=O)c1sc(-c2ccccc2)cc1NC(=O)CON=Cc1ccc(OC)cc1. The van der Waals surface area contributed by atoms with Crippen molar-refractivity contribution in [1.29, 1.82) is 0 Å². The van der Waals surface area contributed by atoms with Crippen molar-refractivity contribution in [3.05, 3.63) is 71.1 Å². The van der Waals surface area contributed by atoms with Crippen LogP contribution in [0.2, 0.25) is 0 Å². The number of oxime groups is 1. The molecule has 0 unspecified atom stereocenters. The van der Waals surface area contributed by atoms with Crippen molar-refractivity contribution in [2.24, 2.45) is 5.16 Å². The zero-order valence-electron chi connectivity index (χ0n) is 16.5. The largest absolute Gasteiger partial charge is 0.497 e. The first-order valence-electron chi connectivity index (χ1n) is 8.97. The van der Waals surface area contributed by atoms with Gasteiger partial charge in [0.2, 0.25) is 0 Å². The molecule has 30 heavy (non-hydrogen) atoms. The van der Waals surface area contributed by atoms with Gasteiger partial charge in [0.05, 0.1) is 26.1 Å². The van der Waals surface area contributed by atoms with Crippen molar-refractivity contribution < 1.29 is 23.9 Å². The van der Waals surface area contributed by atoms with Crippen LogP contribution in [0.25, 0.3) is 10.4 Å². The standard InChI is InChI=1S/C22H20N2O5S/c1-27-17-10-8-15(9-11-17)13-23-29-14-20(25)24-18-12-19(16-6-4-3-5-7-16)30-21(18)22(26)28-2/h3-13H,14H2,1-2H3,(H,24,25). The number of benzene rings is 2. The van der Waals surface area contributed by atoms with Gasteiger partial charge in [-0.25, -0.2) is 4.79 Å². The molecule has 0 aliphatic rings. The van der Waals surface area contributed by atoms with Crippen molar-refractivity contribution in [3.63, 3.8) is 0 Å². The Kier molecular flexibility index (Phi) is 7.18. The van der Waals surface area contributed by atoms with Crippen LogP contribution in [0.4, 0.5) is 5.69 Å². The minimum Gasteiger partial charge on any atom is -0.497 e. The normalized spacial score (nSPS) is 10.6. The van der Waals surface area contributed by atoms with Crippen LogP contribution in [0.3, 0.4) is 0 Å². The fourth-order valence-electron chi connectivity index (χ4n) is 2.54. The first kappa shape index (κ1) is 21.1. The predicted octanol–water partition coefficient (Wildman–Crippen LogP) is 4.20. The van der Waals surface area contributed by atoms with Gasteiger partial charge in [0.1, 0.15) is 10.6 Å². The Morgan fingerprint density at radius 1 is 1.07 bits per heavy atom. The molecule has 0 saturated heterocycles. The number of amides is 1. The van der Waals surface area contributed by atoms with Gasteiger partial charge >= 0.3 is 5.97 Å². The maximum absolute atomic E-state index is 12.2. The van der Waals surface area contributed by atoms with Crippen LogP contribution in [-0.4, -0.2) is 38.9 Å². The molecule has 3 aromatic rings. The smallest absolute Gasteiger partial charge is 0.350 e. The summed E-state index contributed by atoms with van der Waals surface area (Å²) < 4.78 is 9.91. The lowest BCUT2D eigenvalue weighted by Crippen LogP contribution is -2.18. The molecule has 1 heterocycles. The molecule has 154 valence electrons. The molecule has 1 amide bonds. The molecule has 0 atom stereocenters. The Hall–Kier alpha value is -3.65. The number of esters is 1. The molecule has 7 nitrogen and oxygen atoms in total. The molecule has 1 N–H and O–H groups in total. The quantitative estimate of drug-likeness (QED) is 0.333. The lowest BCUT2D eigenvalue weighted by atomic mass is 10.2. The van der Waals surface area contributed by atoms with Gasteiger partial charge in [0.25, 0.3) is 5.91 Å². The number of hydrogen-bond donors (Lipinski definition) is 1. The van der Waals surface area contributed by atoms with Crippen molar-refractivity contribution in [3.8, 4) is 16.2 Å². The summed E-state index contributed by atoms with van der Waals surface area (Å²) in [6.07, 6.45) is 1.49. The summed E-state index contributed by atoms with van der Waals surface area (Å²) in [6.45, 7) is -0.302. The van der Waals surface area contributed by atoms with Gasteiger partial charge in [0.15, 0.2) is 6.61 Å². The highest BCUT2D eigenvalue weighted by atomic mass is 32.1. The summed E-state index contributed by atoms with van der Waals surface area (Å²) in [5.41, 5.74) is 2.11. The van der Waals surface area contributed by atoms with E-state index >= 15 is 0 Å². The second-order valence-electron chi connectivity index (χ2n) is 6.04. The molecule has 2 aromatic carbocycles. The third-order valence-electron chi connectivity index (χ3n) is 4.02. The summed E-state index contributed by atoms with van der Waals surface area (Å²) in [5, 5.41) is 6.47. The van der Waals surface area contributed by atoms with Crippen LogP contribution in [-0.2, 0) is 14.4 Å². The molecule has 0 aliphatic carbocycles. The van der Waals surface area contributed by atoms with Gasteiger partial charge in [-0.2, -0.15) is 0 Å². The third-order valence-corrected chi connectivity index (χ3v) is 5.19. The van der Waals surface area contributed by atoms with E-state index in [0.717, 1.165) is 21.8 Å². The maximum atomic E-state index is 12.2. The lowest BCUT2D eigenvalue weighted by Gasteiger charge is -2.04. The minimum atomic E-state index is -0.518. The molecule has 0 bridgehead atoms. The van der Waals surface area contributed by atoms with E-state index in [-0.39, 0.29) is 6.61 Å². The fourth-order valence-corrected chi connectivity index (χ4v) is 3.58. The van der Waals surface area contributed by atoms with E-state index in [0.29, 0.717) is 10.6 Å². The van der Waals surface area contributed by atoms with Crippen molar-refractivity contribution in [1.82, 2.24) is 0 Å². The van der Waals surface area contributed by atoms with Crippen LogP contribution in [0.15, 0.2) is 65.8 Å². The Labute approximate surface area is 177 Å². The number of methoxy groups -OCH3 is 2. The predicted molar refractivity (Wildman–Crippen MR) is 116 cm³/mol. The van der Waals surface area contributed by atoms with Gasteiger partial charge < -0.3 is 19.6 Å². The second kappa shape index (κ2) is 10.2. The van der Waals surface area contributed by atoms with E-state index in [9.17, 15) is 9.59 Å². The fraction of sp³-hybridized carbons (Fsp3) is 0.136. The second-order valence-corrected chi connectivity index (χ2v) is 7.09. The number of rotatable bonds is 8. The number of nitrogens with zero attached hydrogens (tertiary/aromatic N) is 1. The zero-order chi connectivity index (χ0) is 21.3. The van der Waals surface area contributed by atoms with Gasteiger partial charge in [-0.3, -0.25) is 4.79 Å². The number of thiophene rings is 1. The Bertz CT molecular complexity index is 1030. The van der Waals surface area contributed by atoms with Crippen LogP contribution in [0.5, 0.6) is 5.75 Å². The zero-order valence-corrected chi connectivity index (χ0v) is 17.3. The molecule has 0 spiro atoms. The van der Waals surface area contributed by atoms with Crippen LogP contribution >= 0.6 is 11.3 Å². The van der Waals surface area contributed by atoms with E-state index < -0.39 is 11.9 Å². The molecular formula is C22H20N2O5S. The number of anilines is 1. The molecule has 8 heteroatoms.